The van der Waals surface area contributed by atoms with Crippen molar-refractivity contribution < 1.29 is 9.53 Å². The smallest absolute Gasteiger partial charge is 0.356 e. The summed E-state index contributed by atoms with van der Waals surface area (Å²) in [5.41, 5.74) is 1.19. The van der Waals surface area contributed by atoms with Crippen LogP contribution < -0.4 is 5.32 Å². The van der Waals surface area contributed by atoms with Crippen LogP contribution in [0.15, 0.2) is 18.3 Å². The van der Waals surface area contributed by atoms with E-state index < -0.39 is 5.97 Å². The van der Waals surface area contributed by atoms with Gasteiger partial charge in [-0.05, 0) is 32.4 Å². The number of carbonyl (C=O) groups excluding carboxylic acids is 1. The highest BCUT2D eigenvalue weighted by atomic mass is 16.5. The van der Waals surface area contributed by atoms with E-state index in [1.165, 1.54) is 7.11 Å². The topological polar surface area (TPSA) is 51.2 Å². The van der Waals surface area contributed by atoms with Gasteiger partial charge >= 0.3 is 5.97 Å². The number of carbonyl (C=O) groups is 1. The Hall–Kier alpha value is -1.58. The quantitative estimate of drug-likeness (QED) is 0.795. The van der Waals surface area contributed by atoms with Crippen LogP contribution in [0.4, 0.5) is 5.69 Å². The first-order valence-corrected chi connectivity index (χ1v) is 5.31. The van der Waals surface area contributed by atoms with Gasteiger partial charge < -0.3 is 10.1 Å². The molecule has 0 aliphatic heterocycles. The zero-order valence-electron chi connectivity index (χ0n) is 10.2. The van der Waals surface area contributed by atoms with Crippen molar-refractivity contribution in [2.45, 2.75) is 32.7 Å². The van der Waals surface area contributed by atoms with Crippen LogP contribution in [0.2, 0.25) is 0 Å². The van der Waals surface area contributed by atoms with E-state index in [0.717, 1.165) is 12.1 Å². The van der Waals surface area contributed by atoms with Gasteiger partial charge in [-0.1, -0.05) is 6.92 Å². The predicted molar refractivity (Wildman–Crippen MR) is 63.6 cm³/mol. The summed E-state index contributed by atoms with van der Waals surface area (Å²) in [5.74, 6) is -0.419. The van der Waals surface area contributed by atoms with Crippen molar-refractivity contribution in [3.63, 3.8) is 0 Å². The van der Waals surface area contributed by atoms with Gasteiger partial charge in [-0.25, -0.2) is 9.78 Å². The van der Waals surface area contributed by atoms with Gasteiger partial charge in [-0.15, -0.1) is 0 Å². The van der Waals surface area contributed by atoms with Crippen molar-refractivity contribution in [1.29, 1.82) is 0 Å². The number of rotatable bonds is 4. The number of aromatic nitrogens is 1. The molecule has 4 nitrogen and oxygen atoms in total. The van der Waals surface area contributed by atoms with Crippen molar-refractivity contribution in [1.82, 2.24) is 4.98 Å². The number of nitrogens with one attached hydrogen (secondary N) is 1. The Balaban J connectivity index is 2.87. The van der Waals surface area contributed by atoms with Gasteiger partial charge in [0.2, 0.25) is 0 Å². The molecule has 0 atom stereocenters. The fourth-order valence-corrected chi connectivity index (χ4v) is 1.20. The Labute approximate surface area is 96.0 Å². The van der Waals surface area contributed by atoms with Gasteiger partial charge in [0.1, 0.15) is 5.69 Å². The van der Waals surface area contributed by atoms with E-state index in [2.05, 4.69) is 35.8 Å². The minimum absolute atomic E-state index is 0.00522. The number of esters is 1. The molecule has 0 unspecified atom stereocenters. The first-order chi connectivity index (χ1) is 7.48. The molecule has 1 aromatic rings. The van der Waals surface area contributed by atoms with Gasteiger partial charge in [0.15, 0.2) is 0 Å². The van der Waals surface area contributed by atoms with E-state index in [4.69, 9.17) is 0 Å². The molecule has 88 valence electrons. The predicted octanol–water partition coefficient (Wildman–Crippen LogP) is 2.47. The maximum Gasteiger partial charge on any atom is 0.356 e. The van der Waals surface area contributed by atoms with Crippen LogP contribution >= 0.6 is 0 Å². The van der Waals surface area contributed by atoms with Crippen LogP contribution in [0.3, 0.4) is 0 Å². The van der Waals surface area contributed by atoms with Crippen LogP contribution in [0.5, 0.6) is 0 Å². The Bertz CT molecular complexity index is 375. The Morgan fingerprint density at radius 1 is 1.56 bits per heavy atom. The number of hydrogen-bond acceptors (Lipinski definition) is 4. The number of ether oxygens (including phenoxy) is 1. The summed E-state index contributed by atoms with van der Waals surface area (Å²) in [6.07, 6.45) is 2.59. The SMILES string of the molecule is CCC(C)(C)Nc1ccnc(C(=O)OC)c1. The lowest BCUT2D eigenvalue weighted by atomic mass is 10.0. The minimum atomic E-state index is -0.419. The molecule has 0 aromatic carbocycles. The summed E-state index contributed by atoms with van der Waals surface area (Å²) < 4.78 is 4.62. The summed E-state index contributed by atoms with van der Waals surface area (Å²) >= 11 is 0. The normalized spacial score (nSPS) is 11.0. The molecule has 1 N–H and O–H groups in total. The molecule has 0 aliphatic carbocycles. The van der Waals surface area contributed by atoms with Gasteiger partial charge in [0.05, 0.1) is 7.11 Å². The molecule has 16 heavy (non-hydrogen) atoms. The number of nitrogens with zero attached hydrogens (tertiary/aromatic N) is 1. The lowest BCUT2D eigenvalue weighted by Gasteiger charge is -2.25. The summed E-state index contributed by atoms with van der Waals surface area (Å²) in [6.45, 7) is 6.31. The highest BCUT2D eigenvalue weighted by molar-refractivity contribution is 5.88. The highest BCUT2D eigenvalue weighted by Crippen LogP contribution is 2.18. The number of pyridine rings is 1. The summed E-state index contributed by atoms with van der Waals surface area (Å²) in [5, 5.41) is 3.34. The molecular weight excluding hydrogens is 204 g/mol. The summed E-state index contributed by atoms with van der Waals surface area (Å²) in [4.78, 5) is 15.2. The Morgan fingerprint density at radius 2 is 2.25 bits per heavy atom. The molecule has 0 amide bonds. The minimum Gasteiger partial charge on any atom is -0.464 e. The first-order valence-electron chi connectivity index (χ1n) is 5.31. The van der Waals surface area contributed by atoms with Crippen molar-refractivity contribution >= 4 is 11.7 Å². The monoisotopic (exact) mass is 222 g/mol. The van der Waals surface area contributed by atoms with E-state index in [-0.39, 0.29) is 5.54 Å². The average molecular weight is 222 g/mol. The van der Waals surface area contributed by atoms with Gasteiger partial charge in [0, 0.05) is 17.4 Å². The largest absolute Gasteiger partial charge is 0.464 e. The number of methoxy groups -OCH3 is 1. The van der Waals surface area contributed by atoms with E-state index in [1.54, 1.807) is 12.3 Å². The fourth-order valence-electron chi connectivity index (χ4n) is 1.20. The molecule has 0 saturated heterocycles. The Kier molecular flexibility index (Phi) is 3.88. The van der Waals surface area contributed by atoms with Crippen LogP contribution in [-0.2, 0) is 4.74 Å². The molecular formula is C12H18N2O2. The number of hydrogen-bond donors (Lipinski definition) is 1. The van der Waals surface area contributed by atoms with Gasteiger partial charge in [0.25, 0.3) is 0 Å². The molecule has 0 radical (unpaired) electrons. The van der Waals surface area contributed by atoms with E-state index in [9.17, 15) is 4.79 Å². The molecule has 4 heteroatoms. The van der Waals surface area contributed by atoms with Crippen molar-refractivity contribution in [3.8, 4) is 0 Å². The second kappa shape index (κ2) is 4.96. The molecule has 0 saturated carbocycles. The van der Waals surface area contributed by atoms with Crippen molar-refractivity contribution in [2.75, 3.05) is 12.4 Å². The third-order valence-electron chi connectivity index (χ3n) is 2.52. The standard InChI is InChI=1S/C12H18N2O2/c1-5-12(2,3)14-9-6-7-13-10(8-9)11(15)16-4/h6-8H,5H2,1-4H3,(H,13,14). The maximum atomic E-state index is 11.3. The van der Waals surface area contributed by atoms with E-state index in [0.29, 0.717) is 5.69 Å². The molecule has 1 heterocycles. The third kappa shape index (κ3) is 3.22. The molecule has 1 rings (SSSR count). The van der Waals surface area contributed by atoms with Crippen LogP contribution in [-0.4, -0.2) is 23.6 Å². The molecule has 1 aromatic heterocycles. The molecule has 0 spiro atoms. The second-order valence-corrected chi connectivity index (χ2v) is 4.28. The second-order valence-electron chi connectivity index (χ2n) is 4.28. The van der Waals surface area contributed by atoms with Crippen LogP contribution in [0.1, 0.15) is 37.7 Å². The summed E-state index contributed by atoms with van der Waals surface area (Å²) in [6, 6.07) is 3.53. The average Bonchev–Trinajstić information content (AvgIpc) is 2.28. The maximum absolute atomic E-state index is 11.3. The number of anilines is 1. The lowest BCUT2D eigenvalue weighted by molar-refractivity contribution is 0.0594. The van der Waals surface area contributed by atoms with E-state index in [1.807, 2.05) is 6.07 Å². The van der Waals surface area contributed by atoms with Gasteiger partial charge in [-0.2, -0.15) is 0 Å². The zero-order valence-corrected chi connectivity index (χ0v) is 10.2. The molecule has 0 bridgehead atoms. The molecule has 0 fully saturated rings. The summed E-state index contributed by atoms with van der Waals surface area (Å²) in [7, 11) is 1.35. The van der Waals surface area contributed by atoms with Crippen molar-refractivity contribution in [2.24, 2.45) is 0 Å². The lowest BCUT2D eigenvalue weighted by Crippen LogP contribution is -2.29. The van der Waals surface area contributed by atoms with Crippen molar-refractivity contribution in [3.05, 3.63) is 24.0 Å². The van der Waals surface area contributed by atoms with Crippen LogP contribution in [0, 0.1) is 0 Å². The van der Waals surface area contributed by atoms with Crippen LogP contribution in [0.25, 0.3) is 0 Å². The third-order valence-corrected chi connectivity index (χ3v) is 2.52. The van der Waals surface area contributed by atoms with E-state index >= 15 is 0 Å². The fraction of sp³-hybridized carbons (Fsp3) is 0.500. The zero-order chi connectivity index (χ0) is 12.2. The first kappa shape index (κ1) is 12.5. The molecule has 0 aliphatic rings. The highest BCUT2D eigenvalue weighted by Gasteiger charge is 2.15. The Morgan fingerprint density at radius 3 is 2.81 bits per heavy atom. The van der Waals surface area contributed by atoms with Gasteiger partial charge in [-0.3, -0.25) is 0 Å².